The van der Waals surface area contributed by atoms with Crippen LogP contribution >= 0.6 is 11.6 Å². The molecule has 16 heavy (non-hydrogen) atoms. The van der Waals surface area contributed by atoms with Gasteiger partial charge in [-0.25, -0.2) is 9.97 Å². The number of carbonyl (C=O) groups excluding carboxylic acids is 1. The molecule has 1 atom stereocenters. The largest absolute Gasteiger partial charge is 0.469 e. The summed E-state index contributed by atoms with van der Waals surface area (Å²) in [6, 6.07) is 1.70. The van der Waals surface area contributed by atoms with Crippen LogP contribution in [-0.4, -0.2) is 36.1 Å². The van der Waals surface area contributed by atoms with Gasteiger partial charge < -0.3 is 9.64 Å². The summed E-state index contributed by atoms with van der Waals surface area (Å²) < 4.78 is 4.72. The number of nitrogens with zero attached hydrogens (tertiary/aromatic N) is 3. The maximum absolute atomic E-state index is 11.4. The molecule has 0 amide bonds. The molecule has 6 heteroatoms. The first-order valence-corrected chi connectivity index (χ1v) is 5.39. The molecular formula is C10H12ClN3O2. The summed E-state index contributed by atoms with van der Waals surface area (Å²) in [5.41, 5.74) is 0. The highest BCUT2D eigenvalue weighted by molar-refractivity contribution is 6.29. The maximum Gasteiger partial charge on any atom is 0.310 e. The van der Waals surface area contributed by atoms with Gasteiger partial charge in [-0.2, -0.15) is 0 Å². The summed E-state index contributed by atoms with van der Waals surface area (Å²) in [4.78, 5) is 21.3. The highest BCUT2D eigenvalue weighted by Crippen LogP contribution is 2.23. The number of halogens is 1. The van der Waals surface area contributed by atoms with Crippen molar-refractivity contribution in [2.45, 2.75) is 6.42 Å². The lowest BCUT2D eigenvalue weighted by Crippen LogP contribution is -2.24. The fourth-order valence-electron chi connectivity index (χ4n) is 1.82. The Hall–Kier alpha value is -1.36. The van der Waals surface area contributed by atoms with Gasteiger partial charge in [0.05, 0.1) is 13.0 Å². The van der Waals surface area contributed by atoms with Crippen LogP contribution in [0.3, 0.4) is 0 Å². The molecule has 1 aliphatic heterocycles. The molecule has 0 radical (unpaired) electrons. The molecule has 0 N–H and O–H groups in total. The summed E-state index contributed by atoms with van der Waals surface area (Å²) in [6.07, 6.45) is 2.21. The summed E-state index contributed by atoms with van der Waals surface area (Å²) in [7, 11) is 1.41. The summed E-state index contributed by atoms with van der Waals surface area (Å²) in [6.45, 7) is 1.41. The Morgan fingerprint density at radius 2 is 2.44 bits per heavy atom. The zero-order valence-corrected chi connectivity index (χ0v) is 9.65. The number of ether oxygens (including phenoxy) is 1. The van der Waals surface area contributed by atoms with E-state index >= 15 is 0 Å². The van der Waals surface area contributed by atoms with E-state index in [0.29, 0.717) is 11.7 Å². The SMILES string of the molecule is COC(=O)[C@H]1CCN(c2cc(Cl)ncn2)C1. The second-order valence-corrected chi connectivity index (χ2v) is 4.04. The Morgan fingerprint density at radius 3 is 3.12 bits per heavy atom. The molecule has 2 heterocycles. The first-order valence-electron chi connectivity index (χ1n) is 5.01. The Balaban J connectivity index is 2.06. The molecule has 1 aliphatic rings. The Labute approximate surface area is 98.4 Å². The minimum Gasteiger partial charge on any atom is -0.469 e. The van der Waals surface area contributed by atoms with Crippen LogP contribution in [0.1, 0.15) is 6.42 Å². The standard InChI is InChI=1S/C10H12ClN3O2/c1-16-10(15)7-2-3-14(5-7)9-4-8(11)12-6-13-9/h4,6-7H,2-3,5H2,1H3/t7-/m0/s1. The fraction of sp³-hybridized carbons (Fsp3) is 0.500. The van der Waals surface area contributed by atoms with Crippen molar-refractivity contribution in [1.29, 1.82) is 0 Å². The zero-order chi connectivity index (χ0) is 11.5. The molecule has 0 unspecified atom stereocenters. The summed E-state index contributed by atoms with van der Waals surface area (Å²) in [5.74, 6) is 0.521. The van der Waals surface area contributed by atoms with Gasteiger partial charge in [0.15, 0.2) is 0 Å². The first kappa shape index (κ1) is 11.1. The van der Waals surface area contributed by atoms with Crippen LogP contribution in [0.4, 0.5) is 5.82 Å². The van der Waals surface area contributed by atoms with Gasteiger partial charge in [-0.3, -0.25) is 4.79 Å². The van der Waals surface area contributed by atoms with Crippen molar-refractivity contribution >= 4 is 23.4 Å². The summed E-state index contributed by atoms with van der Waals surface area (Å²) >= 11 is 5.78. The van der Waals surface area contributed by atoms with Crippen molar-refractivity contribution in [1.82, 2.24) is 9.97 Å². The van der Waals surface area contributed by atoms with Gasteiger partial charge in [-0.15, -0.1) is 0 Å². The Bertz CT molecular complexity index is 399. The number of methoxy groups -OCH3 is 1. The number of esters is 1. The van der Waals surface area contributed by atoms with E-state index in [1.165, 1.54) is 13.4 Å². The molecule has 0 saturated carbocycles. The van der Waals surface area contributed by atoms with E-state index in [-0.39, 0.29) is 11.9 Å². The van der Waals surface area contributed by atoms with Gasteiger partial charge >= 0.3 is 5.97 Å². The van der Waals surface area contributed by atoms with Crippen molar-refractivity contribution in [3.05, 3.63) is 17.5 Å². The van der Waals surface area contributed by atoms with Crippen LogP contribution in [0.2, 0.25) is 5.15 Å². The number of hydrogen-bond donors (Lipinski definition) is 0. The van der Waals surface area contributed by atoms with Gasteiger partial charge in [0.25, 0.3) is 0 Å². The molecule has 2 rings (SSSR count). The van der Waals surface area contributed by atoms with Gasteiger partial charge in [-0.1, -0.05) is 11.6 Å². The maximum atomic E-state index is 11.4. The predicted octanol–water partition coefficient (Wildman–Crippen LogP) is 1.13. The molecule has 1 aromatic heterocycles. The molecule has 0 bridgehead atoms. The van der Waals surface area contributed by atoms with Crippen LogP contribution < -0.4 is 4.90 Å². The number of rotatable bonds is 2. The molecule has 1 fully saturated rings. The van der Waals surface area contributed by atoms with Crippen LogP contribution in [0.5, 0.6) is 0 Å². The fourth-order valence-corrected chi connectivity index (χ4v) is 1.97. The van der Waals surface area contributed by atoms with E-state index in [2.05, 4.69) is 9.97 Å². The number of carbonyl (C=O) groups is 1. The molecule has 0 spiro atoms. The third-order valence-corrected chi connectivity index (χ3v) is 2.87. The molecular weight excluding hydrogens is 230 g/mol. The zero-order valence-electron chi connectivity index (χ0n) is 8.89. The number of hydrogen-bond acceptors (Lipinski definition) is 5. The lowest BCUT2D eigenvalue weighted by atomic mass is 10.1. The van der Waals surface area contributed by atoms with E-state index in [1.807, 2.05) is 4.90 Å². The van der Waals surface area contributed by atoms with E-state index < -0.39 is 0 Å². The molecule has 5 nitrogen and oxygen atoms in total. The van der Waals surface area contributed by atoms with Gasteiger partial charge in [0, 0.05) is 19.2 Å². The summed E-state index contributed by atoms with van der Waals surface area (Å²) in [5, 5.41) is 0.409. The topological polar surface area (TPSA) is 55.3 Å². The van der Waals surface area contributed by atoms with E-state index in [4.69, 9.17) is 16.3 Å². The van der Waals surface area contributed by atoms with E-state index in [1.54, 1.807) is 6.07 Å². The van der Waals surface area contributed by atoms with Crippen LogP contribution in [0.25, 0.3) is 0 Å². The Kier molecular flexibility index (Phi) is 3.24. The van der Waals surface area contributed by atoms with E-state index in [9.17, 15) is 4.79 Å². The minimum absolute atomic E-state index is 0.0706. The third-order valence-electron chi connectivity index (χ3n) is 2.67. The molecule has 1 saturated heterocycles. The van der Waals surface area contributed by atoms with Crippen molar-refractivity contribution in [2.24, 2.45) is 5.92 Å². The van der Waals surface area contributed by atoms with Crippen LogP contribution in [0.15, 0.2) is 12.4 Å². The van der Waals surface area contributed by atoms with Crippen LogP contribution in [0, 0.1) is 5.92 Å². The predicted molar refractivity (Wildman–Crippen MR) is 59.4 cm³/mol. The minimum atomic E-state index is -0.164. The first-order chi connectivity index (χ1) is 7.70. The molecule has 0 aromatic carbocycles. The van der Waals surface area contributed by atoms with Crippen molar-refractivity contribution < 1.29 is 9.53 Å². The van der Waals surface area contributed by atoms with Crippen molar-refractivity contribution in [3.8, 4) is 0 Å². The monoisotopic (exact) mass is 241 g/mol. The lowest BCUT2D eigenvalue weighted by Gasteiger charge is -2.16. The number of aromatic nitrogens is 2. The Morgan fingerprint density at radius 1 is 1.62 bits per heavy atom. The van der Waals surface area contributed by atoms with Crippen LogP contribution in [-0.2, 0) is 9.53 Å². The van der Waals surface area contributed by atoms with Crippen molar-refractivity contribution in [3.63, 3.8) is 0 Å². The third kappa shape index (κ3) is 2.24. The van der Waals surface area contributed by atoms with Gasteiger partial charge in [-0.05, 0) is 6.42 Å². The second-order valence-electron chi connectivity index (χ2n) is 3.65. The second kappa shape index (κ2) is 4.65. The molecule has 86 valence electrons. The molecule has 1 aromatic rings. The normalized spacial score (nSPS) is 19.9. The van der Waals surface area contributed by atoms with Gasteiger partial charge in [0.2, 0.25) is 0 Å². The average molecular weight is 242 g/mol. The van der Waals surface area contributed by atoms with Crippen molar-refractivity contribution in [2.75, 3.05) is 25.1 Å². The highest BCUT2D eigenvalue weighted by atomic mass is 35.5. The van der Waals surface area contributed by atoms with E-state index in [0.717, 1.165) is 18.8 Å². The highest BCUT2D eigenvalue weighted by Gasteiger charge is 2.29. The molecule has 0 aliphatic carbocycles. The smallest absolute Gasteiger partial charge is 0.310 e. The quantitative estimate of drug-likeness (QED) is 0.574. The lowest BCUT2D eigenvalue weighted by molar-refractivity contribution is -0.144. The number of anilines is 1. The average Bonchev–Trinajstić information content (AvgIpc) is 2.77. The van der Waals surface area contributed by atoms with Gasteiger partial charge in [0.1, 0.15) is 17.3 Å².